The van der Waals surface area contributed by atoms with Gasteiger partial charge in [0.05, 0.1) is 24.2 Å². The fourth-order valence-electron chi connectivity index (χ4n) is 5.66. The van der Waals surface area contributed by atoms with Gasteiger partial charge in [-0.05, 0) is 42.4 Å². The first kappa shape index (κ1) is 22.7. The number of amides is 2. The van der Waals surface area contributed by atoms with E-state index in [9.17, 15) is 19.2 Å². The average molecular weight is 442 g/mol. The number of piperazine rings is 1. The zero-order valence-electron chi connectivity index (χ0n) is 19.0. The van der Waals surface area contributed by atoms with Crippen LogP contribution in [0.1, 0.15) is 51.6 Å². The molecule has 3 aliphatic heterocycles. The summed E-state index contributed by atoms with van der Waals surface area (Å²) >= 11 is 0. The van der Waals surface area contributed by atoms with Crippen LogP contribution in [0.15, 0.2) is 24.3 Å². The predicted molar refractivity (Wildman–Crippen MR) is 118 cm³/mol. The molecule has 3 saturated heterocycles. The molecule has 2 bridgehead atoms. The molecule has 5 atom stereocenters. The topological polar surface area (TPSA) is 93.7 Å². The summed E-state index contributed by atoms with van der Waals surface area (Å²) in [5.74, 6) is -0.460. The van der Waals surface area contributed by atoms with Gasteiger partial charge in [0.15, 0.2) is 0 Å². The molecule has 3 fully saturated rings. The van der Waals surface area contributed by atoms with Crippen molar-refractivity contribution in [3.8, 4) is 6.07 Å². The van der Waals surface area contributed by atoms with Gasteiger partial charge in [-0.1, -0.05) is 32.9 Å². The molecule has 4 rings (SSSR count). The molecule has 0 aromatic heterocycles. The van der Waals surface area contributed by atoms with E-state index in [1.807, 2.05) is 9.80 Å². The van der Waals surface area contributed by atoms with Crippen molar-refractivity contribution in [2.24, 2.45) is 11.1 Å². The maximum atomic E-state index is 13.5. The Balaban J connectivity index is 1.47. The SMILES string of the molecule is CC(C)(C)[C@@H](c1ccc(F)cc1)N1C(=O)[C@@H]2C[C@H]1CN2C[C@H](N)C(=O)N1CCC[C@H]1C#N. The lowest BCUT2D eigenvalue weighted by atomic mass is 9.80. The van der Waals surface area contributed by atoms with Crippen LogP contribution in [-0.4, -0.2) is 70.3 Å². The number of rotatable bonds is 5. The lowest BCUT2D eigenvalue weighted by molar-refractivity contribution is -0.143. The summed E-state index contributed by atoms with van der Waals surface area (Å²) < 4.78 is 13.5. The minimum Gasteiger partial charge on any atom is -0.329 e. The summed E-state index contributed by atoms with van der Waals surface area (Å²) in [4.78, 5) is 31.8. The summed E-state index contributed by atoms with van der Waals surface area (Å²) in [6.07, 6.45) is 2.21. The second kappa shape index (κ2) is 8.45. The number of carbonyl (C=O) groups excluding carboxylic acids is 2. The van der Waals surface area contributed by atoms with Crippen molar-refractivity contribution < 1.29 is 14.0 Å². The number of nitrogens with zero attached hydrogens (tertiary/aromatic N) is 4. The van der Waals surface area contributed by atoms with E-state index in [4.69, 9.17) is 5.73 Å². The molecule has 2 N–H and O–H groups in total. The van der Waals surface area contributed by atoms with E-state index in [1.165, 1.54) is 12.1 Å². The number of fused-ring (bicyclic) bond motifs is 2. The van der Waals surface area contributed by atoms with Crippen LogP contribution in [0.2, 0.25) is 0 Å². The standard InChI is InChI=1S/C24H32FN5O2/c1-24(2,3)21(15-6-8-16(25)9-7-15)30-18-11-20(23(30)32)28(13-18)14-19(27)22(31)29-10-4-5-17(29)12-26/h6-9,17-21H,4-5,10-11,13-14,27H2,1-3H3/t17-,18-,19-,20-,21+/m0/s1. The highest BCUT2D eigenvalue weighted by molar-refractivity contribution is 5.87. The van der Waals surface area contributed by atoms with Crippen molar-refractivity contribution in [3.63, 3.8) is 0 Å². The van der Waals surface area contributed by atoms with Gasteiger partial charge < -0.3 is 15.5 Å². The van der Waals surface area contributed by atoms with Gasteiger partial charge in [0.1, 0.15) is 11.9 Å². The Labute approximate surface area is 188 Å². The molecule has 3 heterocycles. The second-order valence-corrected chi connectivity index (χ2v) is 10.4. The van der Waals surface area contributed by atoms with Crippen molar-refractivity contribution in [3.05, 3.63) is 35.6 Å². The Hall–Kier alpha value is -2.50. The third-order valence-corrected chi connectivity index (χ3v) is 7.03. The molecule has 0 saturated carbocycles. The number of nitrogens with two attached hydrogens (primary N) is 1. The van der Waals surface area contributed by atoms with Crippen LogP contribution >= 0.6 is 0 Å². The minimum atomic E-state index is -0.750. The van der Waals surface area contributed by atoms with Gasteiger partial charge in [-0.3, -0.25) is 14.5 Å². The van der Waals surface area contributed by atoms with E-state index in [0.29, 0.717) is 32.5 Å². The van der Waals surface area contributed by atoms with Crippen molar-refractivity contribution in [2.75, 3.05) is 19.6 Å². The van der Waals surface area contributed by atoms with Crippen molar-refractivity contribution in [1.29, 1.82) is 5.26 Å². The normalized spacial score (nSPS) is 27.6. The van der Waals surface area contributed by atoms with Crippen molar-refractivity contribution in [2.45, 2.75) is 70.2 Å². The van der Waals surface area contributed by atoms with E-state index in [2.05, 4.69) is 26.8 Å². The van der Waals surface area contributed by atoms with E-state index in [1.54, 1.807) is 17.0 Å². The molecule has 2 amide bonds. The Bertz CT molecular complexity index is 922. The van der Waals surface area contributed by atoms with Crippen LogP contribution in [0.3, 0.4) is 0 Å². The van der Waals surface area contributed by atoms with E-state index in [0.717, 1.165) is 12.0 Å². The zero-order valence-corrected chi connectivity index (χ0v) is 19.0. The Morgan fingerprint density at radius 1 is 1.31 bits per heavy atom. The Morgan fingerprint density at radius 2 is 2.00 bits per heavy atom. The Kier molecular flexibility index (Phi) is 5.99. The fraction of sp³-hybridized carbons (Fsp3) is 0.625. The van der Waals surface area contributed by atoms with Crippen LogP contribution in [0.4, 0.5) is 4.39 Å². The van der Waals surface area contributed by atoms with Gasteiger partial charge in [-0.25, -0.2) is 4.39 Å². The predicted octanol–water partition coefficient (Wildman–Crippen LogP) is 2.04. The zero-order chi connectivity index (χ0) is 23.2. The number of benzene rings is 1. The van der Waals surface area contributed by atoms with Crippen LogP contribution in [0.25, 0.3) is 0 Å². The maximum Gasteiger partial charge on any atom is 0.241 e. The quantitative estimate of drug-likeness (QED) is 0.755. The first-order chi connectivity index (χ1) is 15.1. The molecular formula is C24H32FN5O2. The van der Waals surface area contributed by atoms with Gasteiger partial charge in [-0.2, -0.15) is 5.26 Å². The lowest BCUT2D eigenvalue weighted by Crippen LogP contribution is -2.57. The van der Waals surface area contributed by atoms with Crippen LogP contribution in [-0.2, 0) is 9.59 Å². The minimum absolute atomic E-state index is 0.0303. The molecular weight excluding hydrogens is 409 g/mol. The fourth-order valence-corrected chi connectivity index (χ4v) is 5.66. The summed E-state index contributed by atoms with van der Waals surface area (Å²) in [7, 11) is 0. The molecule has 1 aromatic rings. The number of nitriles is 1. The first-order valence-electron chi connectivity index (χ1n) is 11.4. The van der Waals surface area contributed by atoms with Crippen molar-refractivity contribution >= 4 is 11.8 Å². The van der Waals surface area contributed by atoms with Crippen molar-refractivity contribution in [1.82, 2.24) is 14.7 Å². The molecule has 8 heteroatoms. The van der Waals surface area contributed by atoms with E-state index >= 15 is 0 Å². The highest BCUT2D eigenvalue weighted by Crippen LogP contribution is 2.45. The van der Waals surface area contributed by atoms with Crippen LogP contribution < -0.4 is 5.73 Å². The van der Waals surface area contributed by atoms with E-state index < -0.39 is 12.1 Å². The van der Waals surface area contributed by atoms with Gasteiger partial charge >= 0.3 is 0 Å². The van der Waals surface area contributed by atoms with Crippen LogP contribution in [0, 0.1) is 22.6 Å². The van der Waals surface area contributed by atoms with E-state index in [-0.39, 0.29) is 41.2 Å². The molecule has 0 aliphatic carbocycles. The number of halogens is 1. The largest absolute Gasteiger partial charge is 0.329 e. The third kappa shape index (κ3) is 4.00. The molecule has 172 valence electrons. The molecule has 1 aromatic carbocycles. The lowest BCUT2D eigenvalue weighted by Gasteiger charge is -2.45. The maximum absolute atomic E-state index is 13.5. The molecule has 0 spiro atoms. The second-order valence-electron chi connectivity index (χ2n) is 10.4. The highest BCUT2D eigenvalue weighted by Gasteiger charge is 2.54. The molecule has 3 aliphatic rings. The van der Waals surface area contributed by atoms with Gasteiger partial charge in [0, 0.05) is 25.7 Å². The number of likely N-dealkylation sites (tertiary alicyclic amines) is 3. The summed E-state index contributed by atoms with van der Waals surface area (Å²) in [5.41, 5.74) is 6.94. The summed E-state index contributed by atoms with van der Waals surface area (Å²) in [6, 6.07) is 7.01. The van der Waals surface area contributed by atoms with Gasteiger partial charge in [-0.15, -0.1) is 0 Å². The molecule has 32 heavy (non-hydrogen) atoms. The summed E-state index contributed by atoms with van der Waals surface area (Å²) in [6.45, 7) is 7.81. The number of hydrogen-bond donors (Lipinski definition) is 1. The smallest absolute Gasteiger partial charge is 0.241 e. The molecule has 0 unspecified atom stereocenters. The number of carbonyl (C=O) groups is 2. The Morgan fingerprint density at radius 3 is 2.59 bits per heavy atom. The molecule has 7 nitrogen and oxygen atoms in total. The van der Waals surface area contributed by atoms with Gasteiger partial charge in [0.2, 0.25) is 11.8 Å². The number of hydrogen-bond acceptors (Lipinski definition) is 5. The monoisotopic (exact) mass is 441 g/mol. The van der Waals surface area contributed by atoms with Crippen LogP contribution in [0.5, 0.6) is 0 Å². The van der Waals surface area contributed by atoms with Gasteiger partial charge in [0.25, 0.3) is 0 Å². The summed E-state index contributed by atoms with van der Waals surface area (Å²) in [5, 5.41) is 9.26. The third-order valence-electron chi connectivity index (χ3n) is 7.03. The molecule has 0 radical (unpaired) electrons. The highest BCUT2D eigenvalue weighted by atomic mass is 19.1. The average Bonchev–Trinajstić information content (AvgIpc) is 3.44. The first-order valence-corrected chi connectivity index (χ1v) is 11.4.